The van der Waals surface area contributed by atoms with Crippen LogP contribution in [0.4, 0.5) is 5.69 Å². The van der Waals surface area contributed by atoms with Crippen LogP contribution in [0.15, 0.2) is 42.5 Å². The predicted octanol–water partition coefficient (Wildman–Crippen LogP) is 3.23. The fourth-order valence-electron chi connectivity index (χ4n) is 3.57. The largest absolute Gasteiger partial charge is 0.491 e. The molecule has 0 radical (unpaired) electrons. The lowest BCUT2D eigenvalue weighted by Crippen LogP contribution is -2.48. The second-order valence-electron chi connectivity index (χ2n) is 7.88. The van der Waals surface area contributed by atoms with E-state index >= 15 is 0 Å². The second-order valence-corrected chi connectivity index (χ2v) is 8.41. The van der Waals surface area contributed by atoms with E-state index in [0.29, 0.717) is 6.54 Å². The van der Waals surface area contributed by atoms with Crippen LogP contribution in [-0.2, 0) is 11.3 Å². The van der Waals surface area contributed by atoms with Gasteiger partial charge < -0.3 is 10.1 Å². The van der Waals surface area contributed by atoms with Crippen molar-refractivity contribution >= 4 is 34.4 Å². The smallest absolute Gasteiger partial charge is 0.238 e. The molecule has 7 nitrogen and oxygen atoms in total. The van der Waals surface area contributed by atoms with Gasteiger partial charge in [0.2, 0.25) is 5.91 Å². The van der Waals surface area contributed by atoms with E-state index in [0.717, 1.165) is 55.2 Å². The molecule has 1 aliphatic rings. The first-order chi connectivity index (χ1) is 14.5. The van der Waals surface area contributed by atoms with E-state index in [2.05, 4.69) is 36.0 Å². The van der Waals surface area contributed by atoms with Gasteiger partial charge in [-0.2, -0.15) is 8.75 Å². The Kier molecular flexibility index (Phi) is 6.56. The van der Waals surface area contributed by atoms with E-state index in [-0.39, 0.29) is 12.0 Å². The highest BCUT2D eigenvalue weighted by Gasteiger charge is 2.19. The molecule has 1 fully saturated rings. The highest BCUT2D eigenvalue weighted by atomic mass is 32.1. The van der Waals surface area contributed by atoms with E-state index in [1.165, 1.54) is 17.3 Å². The molecule has 4 rings (SSSR count). The molecule has 158 valence electrons. The number of rotatable bonds is 7. The molecule has 0 spiro atoms. The zero-order valence-corrected chi connectivity index (χ0v) is 18.2. The Labute approximate surface area is 181 Å². The lowest BCUT2D eigenvalue weighted by Gasteiger charge is -2.34. The van der Waals surface area contributed by atoms with Gasteiger partial charge in [0.1, 0.15) is 16.8 Å². The molecule has 1 N–H and O–H groups in total. The van der Waals surface area contributed by atoms with E-state index < -0.39 is 0 Å². The van der Waals surface area contributed by atoms with Crippen LogP contribution in [0.25, 0.3) is 11.0 Å². The topological polar surface area (TPSA) is 70.6 Å². The SMILES string of the molecule is CC(C)Oc1ccc(CN2CCN(CC(=O)Nc3ccc4nsnc4c3)CC2)cc1. The summed E-state index contributed by atoms with van der Waals surface area (Å²) in [7, 11) is 0. The van der Waals surface area contributed by atoms with Gasteiger partial charge in [-0.3, -0.25) is 14.6 Å². The van der Waals surface area contributed by atoms with E-state index in [4.69, 9.17) is 4.74 Å². The predicted molar refractivity (Wildman–Crippen MR) is 120 cm³/mol. The first kappa shape index (κ1) is 20.7. The number of benzene rings is 2. The summed E-state index contributed by atoms with van der Waals surface area (Å²) in [4.78, 5) is 17.1. The van der Waals surface area contributed by atoms with Crippen molar-refractivity contribution in [1.29, 1.82) is 0 Å². The number of piperazine rings is 1. The molecule has 3 aromatic rings. The van der Waals surface area contributed by atoms with Crippen molar-refractivity contribution in [3.63, 3.8) is 0 Å². The molecule has 1 amide bonds. The molecule has 30 heavy (non-hydrogen) atoms. The summed E-state index contributed by atoms with van der Waals surface area (Å²) >= 11 is 1.18. The number of nitrogens with one attached hydrogen (secondary N) is 1. The first-order valence-electron chi connectivity index (χ1n) is 10.3. The Hall–Kier alpha value is -2.55. The summed E-state index contributed by atoms with van der Waals surface area (Å²) in [5, 5.41) is 2.97. The summed E-state index contributed by atoms with van der Waals surface area (Å²) in [6.07, 6.45) is 0.188. The maximum atomic E-state index is 12.4. The maximum absolute atomic E-state index is 12.4. The van der Waals surface area contributed by atoms with Crippen LogP contribution in [0.2, 0.25) is 0 Å². The lowest BCUT2D eigenvalue weighted by molar-refractivity contribution is -0.117. The molecule has 0 atom stereocenters. The molecule has 0 bridgehead atoms. The fourth-order valence-corrected chi connectivity index (χ4v) is 4.09. The van der Waals surface area contributed by atoms with Crippen LogP contribution in [0.5, 0.6) is 5.75 Å². The molecular formula is C22H27N5O2S. The average molecular weight is 426 g/mol. The molecule has 1 aromatic heterocycles. The summed E-state index contributed by atoms with van der Waals surface area (Å²) in [6.45, 7) is 9.07. The van der Waals surface area contributed by atoms with Crippen molar-refractivity contribution in [2.45, 2.75) is 26.5 Å². The number of hydrogen-bond donors (Lipinski definition) is 1. The van der Waals surface area contributed by atoms with Gasteiger partial charge in [-0.1, -0.05) is 12.1 Å². The molecule has 0 aliphatic carbocycles. The number of amides is 1. The van der Waals surface area contributed by atoms with Crippen molar-refractivity contribution in [3.05, 3.63) is 48.0 Å². The van der Waals surface area contributed by atoms with Crippen LogP contribution >= 0.6 is 11.7 Å². The Morgan fingerprint density at radius 2 is 1.73 bits per heavy atom. The maximum Gasteiger partial charge on any atom is 0.238 e. The third-order valence-corrected chi connectivity index (χ3v) is 5.63. The minimum absolute atomic E-state index is 0.00623. The van der Waals surface area contributed by atoms with Gasteiger partial charge in [0, 0.05) is 38.4 Å². The highest BCUT2D eigenvalue weighted by molar-refractivity contribution is 7.00. The minimum atomic E-state index is 0.00623. The Morgan fingerprint density at radius 3 is 2.47 bits per heavy atom. The average Bonchev–Trinajstić information content (AvgIpc) is 3.18. The van der Waals surface area contributed by atoms with Gasteiger partial charge >= 0.3 is 0 Å². The fraction of sp³-hybridized carbons (Fsp3) is 0.409. The number of carbonyl (C=O) groups excluding carboxylic acids is 1. The summed E-state index contributed by atoms with van der Waals surface area (Å²) in [5.41, 5.74) is 3.72. The monoisotopic (exact) mass is 425 g/mol. The number of nitrogens with zero attached hydrogens (tertiary/aromatic N) is 4. The first-order valence-corrected chi connectivity index (χ1v) is 11.0. The number of fused-ring (bicyclic) bond motifs is 1. The summed E-state index contributed by atoms with van der Waals surface area (Å²) in [5.74, 6) is 0.918. The third-order valence-electron chi connectivity index (χ3n) is 5.07. The molecule has 1 aliphatic heterocycles. The molecule has 2 aromatic carbocycles. The zero-order valence-electron chi connectivity index (χ0n) is 17.4. The number of carbonyl (C=O) groups is 1. The Bertz CT molecular complexity index is 981. The van der Waals surface area contributed by atoms with Crippen molar-refractivity contribution in [3.8, 4) is 5.75 Å². The molecule has 0 saturated carbocycles. The minimum Gasteiger partial charge on any atom is -0.491 e. The van der Waals surface area contributed by atoms with Gasteiger partial charge in [0.25, 0.3) is 0 Å². The summed E-state index contributed by atoms with van der Waals surface area (Å²) < 4.78 is 14.1. The standard InChI is InChI=1S/C22H27N5O2S/c1-16(2)29-19-6-3-17(4-7-19)14-26-9-11-27(12-10-26)15-22(28)23-18-5-8-20-21(13-18)25-30-24-20/h3-8,13,16H,9-12,14-15H2,1-2H3,(H,23,28). The van der Waals surface area contributed by atoms with Gasteiger partial charge in [-0.15, -0.1) is 0 Å². The Balaban J connectivity index is 1.21. The molecule has 0 unspecified atom stereocenters. The van der Waals surface area contributed by atoms with Gasteiger partial charge in [-0.25, -0.2) is 0 Å². The van der Waals surface area contributed by atoms with Crippen molar-refractivity contribution < 1.29 is 9.53 Å². The van der Waals surface area contributed by atoms with Crippen molar-refractivity contribution in [2.24, 2.45) is 0 Å². The number of ether oxygens (including phenoxy) is 1. The van der Waals surface area contributed by atoms with Crippen LogP contribution in [0.3, 0.4) is 0 Å². The number of hydrogen-bond acceptors (Lipinski definition) is 7. The number of aromatic nitrogens is 2. The van der Waals surface area contributed by atoms with Crippen LogP contribution < -0.4 is 10.1 Å². The third kappa shape index (κ3) is 5.53. The molecule has 8 heteroatoms. The van der Waals surface area contributed by atoms with Crippen LogP contribution in [0.1, 0.15) is 19.4 Å². The van der Waals surface area contributed by atoms with Crippen LogP contribution in [0, 0.1) is 0 Å². The van der Waals surface area contributed by atoms with E-state index in [9.17, 15) is 4.79 Å². The zero-order chi connectivity index (χ0) is 20.9. The van der Waals surface area contributed by atoms with Crippen LogP contribution in [-0.4, -0.2) is 63.3 Å². The van der Waals surface area contributed by atoms with Gasteiger partial charge in [0.15, 0.2) is 0 Å². The molecule has 2 heterocycles. The highest BCUT2D eigenvalue weighted by Crippen LogP contribution is 2.18. The van der Waals surface area contributed by atoms with Crippen molar-refractivity contribution in [1.82, 2.24) is 18.5 Å². The molecule has 1 saturated heterocycles. The van der Waals surface area contributed by atoms with Gasteiger partial charge in [-0.05, 0) is 49.7 Å². The van der Waals surface area contributed by atoms with Crippen molar-refractivity contribution in [2.75, 3.05) is 38.0 Å². The van der Waals surface area contributed by atoms with E-state index in [1.54, 1.807) is 0 Å². The quantitative estimate of drug-likeness (QED) is 0.627. The second kappa shape index (κ2) is 9.51. The normalized spacial score (nSPS) is 15.6. The van der Waals surface area contributed by atoms with E-state index in [1.807, 2.05) is 44.2 Å². The number of anilines is 1. The van der Waals surface area contributed by atoms with Gasteiger partial charge in [0.05, 0.1) is 24.4 Å². The Morgan fingerprint density at radius 1 is 1.03 bits per heavy atom. The molecular weight excluding hydrogens is 398 g/mol. The summed E-state index contributed by atoms with van der Waals surface area (Å²) in [6, 6.07) is 14.0. The lowest BCUT2D eigenvalue weighted by atomic mass is 10.2.